The predicted molar refractivity (Wildman–Crippen MR) is 98.3 cm³/mol. The van der Waals surface area contributed by atoms with Crippen LogP contribution in [0.5, 0.6) is 0 Å². The SMILES string of the molecule is O=C([O-])C=CC(=O)NC1CCCCC1.O=C([O-])C=CC(=O)NC1CCCCC1.[Zn+2]. The molecule has 2 aliphatic rings. The van der Waals surface area contributed by atoms with Crippen LogP contribution in [0.3, 0.4) is 0 Å². The molecule has 0 radical (unpaired) electrons. The number of carboxylic acid groups (broad SMARTS) is 2. The van der Waals surface area contributed by atoms with Gasteiger partial charge >= 0.3 is 19.5 Å². The molecule has 2 amide bonds. The van der Waals surface area contributed by atoms with Crippen LogP contribution in [0.4, 0.5) is 0 Å². The number of nitrogens with one attached hydrogen (secondary N) is 2. The molecule has 8 nitrogen and oxygen atoms in total. The maximum absolute atomic E-state index is 11.1. The molecule has 0 aromatic rings. The van der Waals surface area contributed by atoms with Crippen LogP contribution in [0.25, 0.3) is 0 Å². The van der Waals surface area contributed by atoms with E-state index in [0.717, 1.165) is 75.7 Å². The summed E-state index contributed by atoms with van der Waals surface area (Å²) in [7, 11) is 0. The molecule has 2 rings (SSSR count). The molecule has 29 heavy (non-hydrogen) atoms. The van der Waals surface area contributed by atoms with Gasteiger partial charge in [0.1, 0.15) is 0 Å². The maximum Gasteiger partial charge on any atom is 2.00 e. The van der Waals surface area contributed by atoms with E-state index in [1.807, 2.05) is 0 Å². The minimum atomic E-state index is -1.34. The molecular weight excluding hydrogens is 430 g/mol. The van der Waals surface area contributed by atoms with Crippen LogP contribution in [0.1, 0.15) is 64.2 Å². The summed E-state index contributed by atoms with van der Waals surface area (Å²) in [5.74, 6) is -3.38. The molecule has 156 valence electrons. The van der Waals surface area contributed by atoms with E-state index in [1.165, 1.54) is 12.8 Å². The molecule has 0 saturated heterocycles. The van der Waals surface area contributed by atoms with Crippen LogP contribution in [0.2, 0.25) is 0 Å². The number of hydrogen-bond donors (Lipinski definition) is 2. The first-order valence-corrected chi connectivity index (χ1v) is 9.76. The average molecular weight is 458 g/mol. The first kappa shape index (κ1) is 27.0. The zero-order chi connectivity index (χ0) is 20.8. The van der Waals surface area contributed by atoms with Crippen LogP contribution in [-0.2, 0) is 38.7 Å². The van der Waals surface area contributed by atoms with Crippen molar-refractivity contribution in [2.24, 2.45) is 0 Å². The molecule has 0 heterocycles. The van der Waals surface area contributed by atoms with Crippen LogP contribution < -0.4 is 20.8 Å². The Labute approximate surface area is 184 Å². The summed E-state index contributed by atoms with van der Waals surface area (Å²) in [6, 6.07) is 0.422. The summed E-state index contributed by atoms with van der Waals surface area (Å²) in [6.07, 6.45) is 14.5. The molecule has 0 atom stereocenters. The number of carbonyl (C=O) groups is 4. The third-order valence-corrected chi connectivity index (χ3v) is 4.64. The summed E-state index contributed by atoms with van der Waals surface area (Å²) >= 11 is 0. The fourth-order valence-electron chi connectivity index (χ4n) is 3.28. The van der Waals surface area contributed by atoms with Gasteiger partial charge in [-0.3, -0.25) is 9.59 Å². The van der Waals surface area contributed by atoms with Gasteiger partial charge in [0, 0.05) is 24.2 Å². The van der Waals surface area contributed by atoms with Crippen LogP contribution in [0.15, 0.2) is 24.3 Å². The van der Waals surface area contributed by atoms with E-state index in [9.17, 15) is 29.4 Å². The van der Waals surface area contributed by atoms with Crippen molar-refractivity contribution in [1.82, 2.24) is 10.6 Å². The molecule has 0 spiro atoms. The van der Waals surface area contributed by atoms with Crippen LogP contribution in [0, 0.1) is 0 Å². The van der Waals surface area contributed by atoms with E-state index in [-0.39, 0.29) is 43.4 Å². The molecule has 0 aliphatic heterocycles. The van der Waals surface area contributed by atoms with Crippen LogP contribution >= 0.6 is 0 Å². The van der Waals surface area contributed by atoms with E-state index in [1.54, 1.807) is 0 Å². The van der Waals surface area contributed by atoms with Gasteiger partial charge in [-0.25, -0.2) is 0 Å². The number of rotatable bonds is 6. The molecule has 2 fully saturated rings. The third-order valence-electron chi connectivity index (χ3n) is 4.64. The molecular formula is C20H28N2O6Zn. The summed E-state index contributed by atoms with van der Waals surface area (Å²) in [5, 5.41) is 25.6. The first-order chi connectivity index (χ1) is 13.4. The second-order valence-electron chi connectivity index (χ2n) is 6.99. The Balaban J connectivity index is 0.000000523. The Hall–Kier alpha value is -2.02. The van der Waals surface area contributed by atoms with Crippen molar-refractivity contribution in [3.8, 4) is 0 Å². The topological polar surface area (TPSA) is 138 Å². The van der Waals surface area contributed by atoms with Crippen molar-refractivity contribution in [1.29, 1.82) is 0 Å². The van der Waals surface area contributed by atoms with Gasteiger partial charge in [-0.1, -0.05) is 38.5 Å². The molecule has 2 saturated carbocycles. The maximum atomic E-state index is 11.1. The Morgan fingerprint density at radius 1 is 0.586 bits per heavy atom. The Bertz CT molecular complexity index is 542. The van der Waals surface area contributed by atoms with E-state index < -0.39 is 11.9 Å². The van der Waals surface area contributed by atoms with Gasteiger partial charge in [0.15, 0.2) is 0 Å². The van der Waals surface area contributed by atoms with Crippen molar-refractivity contribution in [2.45, 2.75) is 76.3 Å². The van der Waals surface area contributed by atoms with Crippen molar-refractivity contribution in [3.05, 3.63) is 24.3 Å². The molecule has 2 aliphatic carbocycles. The van der Waals surface area contributed by atoms with Gasteiger partial charge in [-0.2, -0.15) is 0 Å². The summed E-state index contributed by atoms with van der Waals surface area (Å²) in [5.41, 5.74) is 0. The number of hydrogen-bond acceptors (Lipinski definition) is 6. The summed E-state index contributed by atoms with van der Waals surface area (Å²) in [4.78, 5) is 42.3. The number of aliphatic carboxylic acids is 2. The summed E-state index contributed by atoms with van der Waals surface area (Å²) in [6.45, 7) is 0. The Kier molecular flexibility index (Phi) is 14.8. The van der Waals surface area contributed by atoms with Gasteiger partial charge < -0.3 is 30.4 Å². The van der Waals surface area contributed by atoms with Gasteiger partial charge in [-0.15, -0.1) is 0 Å². The fraction of sp³-hybridized carbons (Fsp3) is 0.600. The Morgan fingerprint density at radius 3 is 1.17 bits per heavy atom. The average Bonchev–Trinajstić information content (AvgIpc) is 2.67. The molecule has 0 bridgehead atoms. The zero-order valence-corrected chi connectivity index (χ0v) is 19.7. The minimum Gasteiger partial charge on any atom is -0.545 e. The van der Waals surface area contributed by atoms with Gasteiger partial charge in [0.25, 0.3) is 0 Å². The van der Waals surface area contributed by atoms with Gasteiger partial charge in [0.05, 0.1) is 11.9 Å². The second kappa shape index (κ2) is 15.9. The molecule has 0 aromatic heterocycles. The Morgan fingerprint density at radius 2 is 0.897 bits per heavy atom. The van der Waals surface area contributed by atoms with E-state index in [0.29, 0.717) is 0 Å². The fourth-order valence-corrected chi connectivity index (χ4v) is 3.28. The smallest absolute Gasteiger partial charge is 0.545 e. The number of amides is 2. The minimum absolute atomic E-state index is 0. The molecule has 0 unspecified atom stereocenters. The number of carbonyl (C=O) groups excluding carboxylic acids is 4. The molecule has 9 heteroatoms. The molecule has 2 N–H and O–H groups in total. The van der Waals surface area contributed by atoms with Crippen molar-refractivity contribution < 1.29 is 48.9 Å². The monoisotopic (exact) mass is 456 g/mol. The van der Waals surface area contributed by atoms with Crippen molar-refractivity contribution in [2.75, 3.05) is 0 Å². The first-order valence-electron chi connectivity index (χ1n) is 9.76. The number of carboxylic acids is 2. The van der Waals surface area contributed by atoms with Crippen molar-refractivity contribution >= 4 is 23.8 Å². The largest absolute Gasteiger partial charge is 2.00 e. The van der Waals surface area contributed by atoms with E-state index >= 15 is 0 Å². The molecule has 0 aromatic carbocycles. The van der Waals surface area contributed by atoms with Gasteiger partial charge in [-0.05, 0) is 37.8 Å². The third kappa shape index (κ3) is 14.6. The zero-order valence-electron chi connectivity index (χ0n) is 16.7. The summed E-state index contributed by atoms with van der Waals surface area (Å²) < 4.78 is 0. The predicted octanol–water partition coefficient (Wildman–Crippen LogP) is -0.520. The van der Waals surface area contributed by atoms with Crippen LogP contribution in [-0.4, -0.2) is 35.8 Å². The van der Waals surface area contributed by atoms with E-state index in [4.69, 9.17) is 0 Å². The standard InChI is InChI=1S/2C10H15NO3.Zn/c2*12-9(6-7-10(13)14)11-8-4-2-1-3-5-8;/h2*6-8H,1-5H2,(H,11,12)(H,13,14);/q;;+2/p-2. The quantitative estimate of drug-likeness (QED) is 0.406. The van der Waals surface area contributed by atoms with Gasteiger partial charge in [0.2, 0.25) is 11.8 Å². The second-order valence-corrected chi connectivity index (χ2v) is 6.99. The van der Waals surface area contributed by atoms with E-state index in [2.05, 4.69) is 10.6 Å². The van der Waals surface area contributed by atoms with Crippen molar-refractivity contribution in [3.63, 3.8) is 0 Å². The normalized spacial score (nSPS) is 17.7.